The Bertz CT molecular complexity index is 432. The van der Waals surface area contributed by atoms with E-state index in [1.165, 1.54) is 6.92 Å². The molecule has 110 valence electrons. The highest BCUT2D eigenvalue weighted by Gasteiger charge is 2.27. The summed E-state index contributed by atoms with van der Waals surface area (Å²) in [4.78, 5) is 23.1. The summed E-state index contributed by atoms with van der Waals surface area (Å²) < 4.78 is 9.73. The lowest BCUT2D eigenvalue weighted by Gasteiger charge is -2.19. The minimum absolute atomic E-state index is 0.0768. The van der Waals surface area contributed by atoms with Crippen LogP contribution in [0.15, 0.2) is 30.3 Å². The molecule has 0 heterocycles. The van der Waals surface area contributed by atoms with Crippen LogP contribution in [0.4, 0.5) is 4.79 Å². The summed E-state index contributed by atoms with van der Waals surface area (Å²) in [5, 5.41) is 11.8. The largest absolute Gasteiger partial charge is 0.459 e. The average Bonchev–Trinajstić information content (AvgIpc) is 2.43. The van der Waals surface area contributed by atoms with Gasteiger partial charge in [-0.15, -0.1) is 0 Å². The van der Waals surface area contributed by atoms with E-state index in [0.29, 0.717) is 0 Å². The van der Waals surface area contributed by atoms with E-state index < -0.39 is 24.2 Å². The molecule has 0 aliphatic heterocycles. The van der Waals surface area contributed by atoms with E-state index in [4.69, 9.17) is 4.74 Å². The minimum Gasteiger partial charge on any atom is -0.459 e. The van der Waals surface area contributed by atoms with Gasteiger partial charge in [-0.1, -0.05) is 30.3 Å². The van der Waals surface area contributed by atoms with Crippen molar-refractivity contribution in [3.63, 3.8) is 0 Å². The zero-order valence-corrected chi connectivity index (χ0v) is 11.5. The first-order chi connectivity index (χ1) is 9.54. The van der Waals surface area contributed by atoms with E-state index in [1.54, 1.807) is 6.92 Å². The first-order valence-corrected chi connectivity index (χ1v) is 6.36. The number of aliphatic hydroxyl groups is 1. The van der Waals surface area contributed by atoms with E-state index in [9.17, 15) is 14.7 Å². The lowest BCUT2D eigenvalue weighted by atomic mass is 10.2. The molecule has 0 spiro atoms. The molecule has 0 aromatic heterocycles. The quantitative estimate of drug-likeness (QED) is 0.766. The van der Waals surface area contributed by atoms with Crippen LogP contribution >= 0.6 is 0 Å². The number of carbonyl (C=O) groups is 2. The van der Waals surface area contributed by atoms with Crippen molar-refractivity contribution >= 4 is 12.1 Å². The molecular weight excluding hydrogens is 262 g/mol. The first-order valence-electron chi connectivity index (χ1n) is 6.36. The predicted molar refractivity (Wildman–Crippen MR) is 71.9 cm³/mol. The second-order valence-corrected chi connectivity index (χ2v) is 4.18. The molecule has 6 nitrogen and oxygen atoms in total. The second kappa shape index (κ2) is 8.16. The number of esters is 1. The van der Waals surface area contributed by atoms with Crippen molar-refractivity contribution in [2.45, 2.75) is 32.6 Å². The van der Waals surface area contributed by atoms with Crippen LogP contribution in [0.25, 0.3) is 0 Å². The monoisotopic (exact) mass is 281 g/mol. The molecule has 0 aliphatic rings. The Hall–Kier alpha value is -2.08. The normalized spacial score (nSPS) is 13.2. The van der Waals surface area contributed by atoms with Crippen molar-refractivity contribution in [3.05, 3.63) is 35.9 Å². The van der Waals surface area contributed by atoms with Gasteiger partial charge >= 0.3 is 12.1 Å². The summed E-state index contributed by atoms with van der Waals surface area (Å²) in [7, 11) is 0. The predicted octanol–water partition coefficient (Wildman–Crippen LogP) is 1.23. The number of benzene rings is 1. The zero-order chi connectivity index (χ0) is 15.0. The lowest BCUT2D eigenvalue weighted by molar-refractivity contribution is -0.150. The van der Waals surface area contributed by atoms with Gasteiger partial charge in [-0.3, -0.25) is 0 Å². The Morgan fingerprint density at radius 1 is 1.25 bits per heavy atom. The average molecular weight is 281 g/mol. The third kappa shape index (κ3) is 5.27. The van der Waals surface area contributed by atoms with Crippen LogP contribution in [0.3, 0.4) is 0 Å². The molecule has 1 amide bonds. The number of hydrogen-bond acceptors (Lipinski definition) is 5. The van der Waals surface area contributed by atoms with Gasteiger partial charge in [0.2, 0.25) is 0 Å². The van der Waals surface area contributed by atoms with E-state index in [1.807, 2.05) is 30.3 Å². The number of nitrogens with one attached hydrogen (secondary N) is 1. The fourth-order valence-corrected chi connectivity index (χ4v) is 1.49. The topological polar surface area (TPSA) is 84.9 Å². The first kappa shape index (κ1) is 16.0. The summed E-state index contributed by atoms with van der Waals surface area (Å²) in [5.74, 6) is -0.711. The number of rotatable bonds is 6. The molecule has 0 saturated carbocycles. The lowest BCUT2D eigenvalue weighted by Crippen LogP contribution is -2.48. The Morgan fingerprint density at radius 2 is 1.90 bits per heavy atom. The summed E-state index contributed by atoms with van der Waals surface area (Å²) in [5.41, 5.74) is 0.821. The molecule has 2 atom stereocenters. The van der Waals surface area contributed by atoms with E-state index >= 15 is 0 Å². The highest BCUT2D eigenvalue weighted by Crippen LogP contribution is 2.04. The van der Waals surface area contributed by atoms with E-state index in [0.717, 1.165) is 5.56 Å². The Labute approximate surface area is 117 Å². The third-order valence-electron chi connectivity index (χ3n) is 2.51. The van der Waals surface area contributed by atoms with Gasteiger partial charge in [0.25, 0.3) is 0 Å². The molecule has 0 radical (unpaired) electrons. The molecule has 6 heteroatoms. The van der Waals surface area contributed by atoms with Gasteiger partial charge in [0, 0.05) is 0 Å². The van der Waals surface area contributed by atoms with Crippen LogP contribution in [0.1, 0.15) is 19.4 Å². The van der Waals surface area contributed by atoms with Crippen molar-refractivity contribution in [1.29, 1.82) is 0 Å². The van der Waals surface area contributed by atoms with Crippen LogP contribution in [0.2, 0.25) is 0 Å². The number of carbonyl (C=O) groups excluding carboxylic acids is 2. The Balaban J connectivity index is 2.54. The molecule has 0 bridgehead atoms. The minimum atomic E-state index is -1.15. The zero-order valence-electron chi connectivity index (χ0n) is 11.5. The van der Waals surface area contributed by atoms with Crippen molar-refractivity contribution in [2.24, 2.45) is 0 Å². The maximum Gasteiger partial charge on any atom is 0.407 e. The Morgan fingerprint density at radius 3 is 2.45 bits per heavy atom. The molecule has 0 saturated heterocycles. The SMILES string of the molecule is CCOC(=O)N[C@H](C(=O)OCc1ccccc1)C(C)O. The molecule has 1 aromatic carbocycles. The molecule has 0 aliphatic carbocycles. The van der Waals surface area contributed by atoms with Gasteiger partial charge in [0.15, 0.2) is 6.04 Å². The van der Waals surface area contributed by atoms with Crippen molar-refractivity contribution in [3.8, 4) is 0 Å². The van der Waals surface area contributed by atoms with Crippen molar-refractivity contribution in [2.75, 3.05) is 6.61 Å². The van der Waals surface area contributed by atoms with Gasteiger partial charge < -0.3 is 19.9 Å². The molecule has 20 heavy (non-hydrogen) atoms. The molecule has 2 N–H and O–H groups in total. The summed E-state index contributed by atoms with van der Waals surface area (Å²) in [6.07, 6.45) is -1.85. The third-order valence-corrected chi connectivity index (χ3v) is 2.51. The molecule has 1 unspecified atom stereocenters. The summed E-state index contributed by atoms with van der Waals surface area (Å²) >= 11 is 0. The van der Waals surface area contributed by atoms with Crippen molar-refractivity contribution < 1.29 is 24.2 Å². The van der Waals surface area contributed by atoms with Crippen molar-refractivity contribution in [1.82, 2.24) is 5.32 Å². The van der Waals surface area contributed by atoms with Crippen LogP contribution in [0, 0.1) is 0 Å². The fraction of sp³-hybridized carbons (Fsp3) is 0.429. The summed E-state index contributed by atoms with van der Waals surface area (Å²) in [6, 6.07) is 7.97. The smallest absolute Gasteiger partial charge is 0.407 e. The highest BCUT2D eigenvalue weighted by molar-refractivity contribution is 5.81. The Kier molecular flexibility index (Phi) is 6.52. The van der Waals surface area contributed by atoms with Gasteiger partial charge in [-0.05, 0) is 19.4 Å². The standard InChI is InChI=1S/C14H19NO5/c1-3-19-14(18)15-12(10(2)16)13(17)20-9-11-7-5-4-6-8-11/h4-8,10,12,16H,3,9H2,1-2H3,(H,15,18)/t10?,12-/m0/s1. The van der Waals surface area contributed by atoms with Crippen LogP contribution in [0.5, 0.6) is 0 Å². The summed E-state index contributed by atoms with van der Waals surface area (Å²) in [6.45, 7) is 3.29. The number of alkyl carbamates (subject to hydrolysis) is 1. The van der Waals surface area contributed by atoms with E-state index in [-0.39, 0.29) is 13.2 Å². The fourth-order valence-electron chi connectivity index (χ4n) is 1.49. The highest BCUT2D eigenvalue weighted by atomic mass is 16.6. The van der Waals surface area contributed by atoms with E-state index in [2.05, 4.69) is 10.1 Å². The molecule has 0 fully saturated rings. The maximum atomic E-state index is 11.8. The number of ether oxygens (including phenoxy) is 2. The molecule has 1 rings (SSSR count). The van der Waals surface area contributed by atoms with Gasteiger partial charge in [-0.2, -0.15) is 0 Å². The number of amides is 1. The molecular formula is C14H19NO5. The van der Waals surface area contributed by atoms with Gasteiger partial charge in [0.05, 0.1) is 12.7 Å². The second-order valence-electron chi connectivity index (χ2n) is 4.18. The number of aliphatic hydroxyl groups excluding tert-OH is 1. The molecule has 1 aromatic rings. The maximum absolute atomic E-state index is 11.8. The van der Waals surface area contributed by atoms with Gasteiger partial charge in [-0.25, -0.2) is 9.59 Å². The van der Waals surface area contributed by atoms with Gasteiger partial charge in [0.1, 0.15) is 6.61 Å². The van der Waals surface area contributed by atoms with Crippen LogP contribution < -0.4 is 5.32 Å². The van der Waals surface area contributed by atoms with Crippen LogP contribution in [-0.4, -0.2) is 35.9 Å². The van der Waals surface area contributed by atoms with Crippen LogP contribution in [-0.2, 0) is 20.9 Å². The number of hydrogen-bond donors (Lipinski definition) is 2.